The number of phenols is 2. The van der Waals surface area contributed by atoms with E-state index in [4.69, 9.17) is 18.9 Å². The third kappa shape index (κ3) is 3.91. The lowest BCUT2D eigenvalue weighted by Crippen LogP contribution is -2.64. The number of methoxy groups -OCH3 is 2. The Hall–Kier alpha value is -3.51. The summed E-state index contributed by atoms with van der Waals surface area (Å²) in [5, 5.41) is 46.5. The highest BCUT2D eigenvalue weighted by Gasteiger charge is 2.60. The summed E-state index contributed by atoms with van der Waals surface area (Å²) in [5.74, 6) is -5.57. The van der Waals surface area contributed by atoms with Crippen LogP contribution in [0.5, 0.6) is 23.0 Å². The van der Waals surface area contributed by atoms with Crippen LogP contribution in [0.2, 0.25) is 0 Å². The average molecular weight is 597 g/mol. The number of benzene rings is 2. The van der Waals surface area contributed by atoms with Gasteiger partial charge in [-0.1, -0.05) is 0 Å². The molecule has 11 heteroatoms. The molecular weight excluding hydrogens is 560 g/mol. The van der Waals surface area contributed by atoms with E-state index in [2.05, 4.69) is 0 Å². The van der Waals surface area contributed by atoms with Crippen molar-refractivity contribution in [2.75, 3.05) is 14.2 Å². The molecule has 43 heavy (non-hydrogen) atoms. The maximum Gasteiger partial charge on any atom is 0.202 e. The van der Waals surface area contributed by atoms with Crippen molar-refractivity contribution in [1.29, 1.82) is 0 Å². The van der Waals surface area contributed by atoms with Gasteiger partial charge < -0.3 is 39.4 Å². The van der Waals surface area contributed by atoms with Crippen molar-refractivity contribution >= 4 is 17.3 Å². The van der Waals surface area contributed by atoms with Gasteiger partial charge in [0.1, 0.15) is 23.0 Å². The smallest absolute Gasteiger partial charge is 0.202 e. The first kappa shape index (κ1) is 29.6. The largest absolute Gasteiger partial charge is 0.506 e. The number of carbonyl (C=O) groups excluding carboxylic acids is 3. The van der Waals surface area contributed by atoms with Crippen molar-refractivity contribution in [2.45, 2.75) is 76.7 Å². The van der Waals surface area contributed by atoms with Crippen molar-refractivity contribution in [2.24, 2.45) is 17.8 Å². The molecular formula is C32H36O11. The molecule has 0 amide bonds. The minimum Gasteiger partial charge on any atom is -0.506 e. The fourth-order valence-corrected chi connectivity index (χ4v) is 7.89. The Balaban J connectivity index is 1.60. The molecule has 4 aliphatic rings. The summed E-state index contributed by atoms with van der Waals surface area (Å²) < 4.78 is 22.8. The normalized spacial score (nSPS) is 35.0. The molecule has 4 N–H and O–H groups in total. The van der Waals surface area contributed by atoms with Crippen LogP contribution < -0.4 is 9.47 Å². The molecule has 2 fully saturated rings. The van der Waals surface area contributed by atoms with Crippen LogP contribution in [0.25, 0.3) is 11.1 Å². The number of aliphatic hydroxyl groups excluding tert-OH is 1. The Bertz CT molecular complexity index is 1560. The van der Waals surface area contributed by atoms with Crippen LogP contribution in [-0.2, 0) is 9.47 Å². The summed E-state index contributed by atoms with van der Waals surface area (Å²) in [4.78, 5) is 41.6. The summed E-state index contributed by atoms with van der Waals surface area (Å²) in [5.41, 5.74) is -3.18. The highest BCUT2D eigenvalue weighted by atomic mass is 16.5. The second-order valence-corrected chi connectivity index (χ2v) is 12.3. The Morgan fingerprint density at radius 3 is 2.02 bits per heavy atom. The first-order chi connectivity index (χ1) is 20.3. The van der Waals surface area contributed by atoms with Crippen LogP contribution in [0.15, 0.2) is 12.1 Å². The zero-order valence-corrected chi connectivity index (χ0v) is 24.8. The molecule has 0 spiro atoms. The number of aromatic hydroxyl groups is 2. The number of hydrogen-bond acceptors (Lipinski definition) is 11. The minimum absolute atomic E-state index is 0.0161. The predicted octanol–water partition coefficient (Wildman–Crippen LogP) is 3.37. The van der Waals surface area contributed by atoms with Crippen LogP contribution in [0, 0.1) is 17.8 Å². The highest BCUT2D eigenvalue weighted by Crippen LogP contribution is 2.57. The van der Waals surface area contributed by atoms with E-state index in [0.29, 0.717) is 6.42 Å². The molecule has 11 nitrogen and oxygen atoms in total. The number of phenolic OH excluding ortho intramolecular Hbond substituents is 2. The molecule has 2 heterocycles. The maximum absolute atomic E-state index is 13.9. The van der Waals surface area contributed by atoms with E-state index in [1.807, 2.05) is 6.92 Å². The molecule has 0 radical (unpaired) electrons. The lowest BCUT2D eigenvalue weighted by molar-refractivity contribution is -0.161. The van der Waals surface area contributed by atoms with Gasteiger partial charge in [0, 0.05) is 11.5 Å². The van der Waals surface area contributed by atoms with E-state index in [9.17, 15) is 34.8 Å². The zero-order chi connectivity index (χ0) is 31.3. The van der Waals surface area contributed by atoms with Gasteiger partial charge in [0.05, 0.1) is 78.8 Å². The molecule has 9 unspecified atom stereocenters. The molecule has 2 aromatic carbocycles. The van der Waals surface area contributed by atoms with E-state index in [1.165, 1.54) is 33.3 Å². The number of carbonyl (C=O) groups is 3. The number of aliphatic hydroxyl groups is 2. The van der Waals surface area contributed by atoms with Gasteiger partial charge in [0.2, 0.25) is 5.78 Å². The summed E-state index contributed by atoms with van der Waals surface area (Å²) in [6.07, 6.45) is -2.72. The zero-order valence-electron chi connectivity index (χ0n) is 24.8. The van der Waals surface area contributed by atoms with Crippen molar-refractivity contribution in [3.63, 3.8) is 0 Å². The van der Waals surface area contributed by atoms with E-state index >= 15 is 0 Å². The van der Waals surface area contributed by atoms with Crippen LogP contribution in [0.4, 0.5) is 0 Å². The summed E-state index contributed by atoms with van der Waals surface area (Å²) in [6, 6.07) is 2.72. The molecule has 6 rings (SSSR count). The second-order valence-electron chi connectivity index (χ2n) is 12.3. The topological polar surface area (TPSA) is 169 Å². The van der Waals surface area contributed by atoms with Gasteiger partial charge in [-0.05, 0) is 58.2 Å². The molecule has 0 bridgehead atoms. The van der Waals surface area contributed by atoms with Crippen molar-refractivity contribution in [1.82, 2.24) is 0 Å². The van der Waals surface area contributed by atoms with Crippen molar-refractivity contribution in [3.05, 3.63) is 34.4 Å². The molecule has 9 atom stereocenters. The standard InChI is InChI=1S/C32H36O11/c1-11-7-15-21(13(3)42-11)28(35)22-16(26(15)33)9-19(40-5)24(29(22)36)25-20(41-6)10-17-23(30(25)37)31(38)32(39)14(4)43-12(2)8-18(32)27(17)34/h9-15,18,21,26,33,36-37,39H,7-8H2,1-6H3. The van der Waals surface area contributed by atoms with Gasteiger partial charge in [0.25, 0.3) is 0 Å². The Kier molecular flexibility index (Phi) is 6.89. The van der Waals surface area contributed by atoms with E-state index in [0.717, 1.165) is 0 Å². The first-order valence-corrected chi connectivity index (χ1v) is 14.5. The highest BCUT2D eigenvalue weighted by molar-refractivity contribution is 6.22. The summed E-state index contributed by atoms with van der Waals surface area (Å²) in [6.45, 7) is 6.87. The van der Waals surface area contributed by atoms with Crippen molar-refractivity contribution < 1.29 is 53.8 Å². The minimum atomic E-state index is -2.23. The van der Waals surface area contributed by atoms with Gasteiger partial charge in [-0.25, -0.2) is 0 Å². The molecule has 0 saturated carbocycles. The Labute approximate surface area is 248 Å². The molecule has 2 aliphatic carbocycles. The number of Topliss-reactive ketones (excluding diaryl/α,β-unsaturated/α-hetero) is 3. The summed E-state index contributed by atoms with van der Waals surface area (Å²) >= 11 is 0. The first-order valence-electron chi connectivity index (χ1n) is 14.5. The van der Waals surface area contributed by atoms with Gasteiger partial charge in [0.15, 0.2) is 17.2 Å². The van der Waals surface area contributed by atoms with Gasteiger partial charge in [-0.3, -0.25) is 14.4 Å². The van der Waals surface area contributed by atoms with Gasteiger partial charge >= 0.3 is 0 Å². The number of ether oxygens (including phenoxy) is 4. The fraction of sp³-hybridized carbons (Fsp3) is 0.531. The maximum atomic E-state index is 13.9. The van der Waals surface area contributed by atoms with Crippen LogP contribution in [-0.4, -0.2) is 82.0 Å². The van der Waals surface area contributed by atoms with Crippen molar-refractivity contribution in [3.8, 4) is 34.1 Å². The monoisotopic (exact) mass is 596 g/mol. The third-order valence-electron chi connectivity index (χ3n) is 9.87. The molecule has 230 valence electrons. The van der Waals surface area contributed by atoms with E-state index < -0.39 is 82.2 Å². The van der Waals surface area contributed by atoms with Gasteiger partial charge in [-0.15, -0.1) is 0 Å². The quantitative estimate of drug-likeness (QED) is 0.410. The number of hydrogen-bond donors (Lipinski definition) is 4. The van der Waals surface area contributed by atoms with E-state index in [-0.39, 0.29) is 51.8 Å². The molecule has 2 aromatic rings. The molecule has 2 aliphatic heterocycles. The number of fused-ring (bicyclic) bond motifs is 4. The van der Waals surface area contributed by atoms with Crippen LogP contribution in [0.1, 0.15) is 83.3 Å². The lowest BCUT2D eigenvalue weighted by Gasteiger charge is -2.47. The Morgan fingerprint density at radius 1 is 0.814 bits per heavy atom. The predicted molar refractivity (Wildman–Crippen MR) is 151 cm³/mol. The fourth-order valence-electron chi connectivity index (χ4n) is 7.89. The van der Waals surface area contributed by atoms with E-state index in [1.54, 1.807) is 13.8 Å². The molecule has 0 aromatic heterocycles. The van der Waals surface area contributed by atoms with Crippen LogP contribution >= 0.6 is 0 Å². The Morgan fingerprint density at radius 2 is 1.40 bits per heavy atom. The third-order valence-corrected chi connectivity index (χ3v) is 9.87. The van der Waals surface area contributed by atoms with Crippen LogP contribution in [0.3, 0.4) is 0 Å². The number of rotatable bonds is 3. The average Bonchev–Trinajstić information content (AvgIpc) is 2.95. The summed E-state index contributed by atoms with van der Waals surface area (Å²) in [7, 11) is 2.60. The number of ketones is 3. The lowest BCUT2D eigenvalue weighted by atomic mass is 9.64. The second kappa shape index (κ2) is 10.0. The van der Waals surface area contributed by atoms with Gasteiger partial charge in [-0.2, -0.15) is 0 Å². The SMILES string of the molecule is COc1cc2c(c(O)c1-c1c(OC)cc3c(c1O)C(=O)C1C(C)OC(C)CC1C3O)C(=O)C1(O)C(C)OC(C)CC1C2=O. The molecule has 2 saturated heterocycles.